The van der Waals surface area contributed by atoms with E-state index in [4.69, 9.17) is 10.5 Å². The van der Waals surface area contributed by atoms with Gasteiger partial charge >= 0.3 is 0 Å². The molecule has 1 atom stereocenters. The SMILES string of the molecule is CC(C)Oc1ccc(-c2nnc(-c3cccc4c3CCC[C@@H]4N)s2)cc1C#N.Cl. The molecule has 1 heterocycles. The Morgan fingerprint density at radius 3 is 2.76 bits per heavy atom. The van der Waals surface area contributed by atoms with E-state index < -0.39 is 0 Å². The van der Waals surface area contributed by atoms with Crippen LogP contribution in [-0.4, -0.2) is 16.3 Å². The average Bonchev–Trinajstić information content (AvgIpc) is 3.18. The molecule has 0 aliphatic heterocycles. The molecule has 0 spiro atoms. The fourth-order valence-electron chi connectivity index (χ4n) is 3.64. The fourth-order valence-corrected chi connectivity index (χ4v) is 4.53. The monoisotopic (exact) mass is 426 g/mol. The number of nitrogens with two attached hydrogens (primary N) is 1. The Labute approximate surface area is 181 Å². The summed E-state index contributed by atoms with van der Waals surface area (Å²) in [5.41, 5.74) is 11.3. The maximum absolute atomic E-state index is 9.47. The Morgan fingerprint density at radius 1 is 1.21 bits per heavy atom. The summed E-state index contributed by atoms with van der Waals surface area (Å²) in [5.74, 6) is 0.595. The van der Waals surface area contributed by atoms with Crippen molar-refractivity contribution in [1.29, 1.82) is 5.26 Å². The Hall–Kier alpha value is -2.46. The molecule has 0 radical (unpaired) electrons. The number of nitrogens with zero attached hydrogens (tertiary/aromatic N) is 3. The van der Waals surface area contributed by atoms with Gasteiger partial charge in [0.05, 0.1) is 11.7 Å². The fraction of sp³-hybridized carbons (Fsp3) is 0.318. The summed E-state index contributed by atoms with van der Waals surface area (Å²) in [4.78, 5) is 0. The van der Waals surface area contributed by atoms with Crippen LogP contribution in [0, 0.1) is 11.3 Å². The standard InChI is InChI=1S/C22H22N4OS.ClH/c1-13(2)27-20-10-9-14(11-15(20)12-23)21-25-26-22(28-21)18-7-3-6-17-16(18)5-4-8-19(17)24;/h3,6-7,9-11,13,19H,4-5,8,24H2,1-2H3;1H/t19-;/m0./s1. The number of nitriles is 1. The van der Waals surface area contributed by atoms with Gasteiger partial charge in [0.15, 0.2) is 0 Å². The van der Waals surface area contributed by atoms with E-state index in [1.807, 2.05) is 38.1 Å². The molecule has 1 aliphatic carbocycles. The molecular formula is C22H23ClN4OS. The van der Waals surface area contributed by atoms with E-state index in [0.29, 0.717) is 11.3 Å². The van der Waals surface area contributed by atoms with Crippen molar-refractivity contribution in [3.8, 4) is 33.0 Å². The number of hydrogen-bond donors (Lipinski definition) is 1. The van der Waals surface area contributed by atoms with Crippen molar-refractivity contribution in [3.63, 3.8) is 0 Å². The maximum Gasteiger partial charge on any atom is 0.148 e. The number of ether oxygens (including phenoxy) is 1. The number of rotatable bonds is 4. The van der Waals surface area contributed by atoms with Crippen molar-refractivity contribution in [2.24, 2.45) is 5.73 Å². The van der Waals surface area contributed by atoms with Gasteiger partial charge in [0.25, 0.3) is 0 Å². The number of aromatic nitrogens is 2. The second-order valence-electron chi connectivity index (χ2n) is 7.27. The second-order valence-corrected chi connectivity index (χ2v) is 8.25. The molecule has 0 fully saturated rings. The maximum atomic E-state index is 9.47. The zero-order valence-electron chi connectivity index (χ0n) is 16.4. The van der Waals surface area contributed by atoms with Crippen LogP contribution >= 0.6 is 23.7 Å². The largest absolute Gasteiger partial charge is 0.490 e. The minimum Gasteiger partial charge on any atom is -0.490 e. The lowest BCUT2D eigenvalue weighted by molar-refractivity contribution is 0.242. The van der Waals surface area contributed by atoms with Gasteiger partial charge in [-0.15, -0.1) is 22.6 Å². The molecule has 5 nitrogen and oxygen atoms in total. The Bertz CT molecular complexity index is 1060. The van der Waals surface area contributed by atoms with Gasteiger partial charge in [0.2, 0.25) is 0 Å². The third-order valence-corrected chi connectivity index (χ3v) is 5.92. The first kappa shape index (κ1) is 21.3. The lowest BCUT2D eigenvalue weighted by Crippen LogP contribution is -2.17. The predicted octanol–water partition coefficient (Wildman–Crippen LogP) is 5.29. The highest BCUT2D eigenvalue weighted by Crippen LogP contribution is 2.38. The second kappa shape index (κ2) is 8.91. The Balaban J connectivity index is 0.00000240. The first-order chi connectivity index (χ1) is 13.6. The molecule has 29 heavy (non-hydrogen) atoms. The minimum atomic E-state index is 0. The smallest absolute Gasteiger partial charge is 0.148 e. The van der Waals surface area contributed by atoms with Crippen LogP contribution in [0.3, 0.4) is 0 Å². The van der Waals surface area contributed by atoms with Crippen LogP contribution in [0.1, 0.15) is 49.4 Å². The summed E-state index contributed by atoms with van der Waals surface area (Å²) < 4.78 is 5.71. The first-order valence-electron chi connectivity index (χ1n) is 9.49. The van der Waals surface area contributed by atoms with Crippen molar-refractivity contribution in [2.75, 3.05) is 0 Å². The van der Waals surface area contributed by atoms with E-state index in [0.717, 1.165) is 40.4 Å². The van der Waals surface area contributed by atoms with Crippen molar-refractivity contribution >= 4 is 23.7 Å². The van der Waals surface area contributed by atoms with E-state index in [-0.39, 0.29) is 24.6 Å². The van der Waals surface area contributed by atoms with Gasteiger partial charge in [0, 0.05) is 17.2 Å². The molecule has 150 valence electrons. The van der Waals surface area contributed by atoms with Crippen LogP contribution in [0.15, 0.2) is 36.4 Å². The average molecular weight is 427 g/mol. The van der Waals surface area contributed by atoms with Gasteiger partial charge in [0.1, 0.15) is 21.8 Å². The molecule has 1 aromatic heterocycles. The van der Waals surface area contributed by atoms with Crippen molar-refractivity contribution in [2.45, 2.75) is 45.3 Å². The van der Waals surface area contributed by atoms with Crippen LogP contribution in [0.25, 0.3) is 21.1 Å². The molecule has 4 rings (SSSR count). The van der Waals surface area contributed by atoms with Crippen molar-refractivity contribution < 1.29 is 4.74 Å². The van der Waals surface area contributed by atoms with E-state index in [2.05, 4.69) is 28.4 Å². The van der Waals surface area contributed by atoms with E-state index in [1.54, 1.807) is 0 Å². The summed E-state index contributed by atoms with van der Waals surface area (Å²) in [6.07, 6.45) is 3.16. The van der Waals surface area contributed by atoms with E-state index in [1.165, 1.54) is 22.5 Å². The molecule has 0 unspecified atom stereocenters. The van der Waals surface area contributed by atoms with Gasteiger partial charge in [-0.3, -0.25) is 0 Å². The molecule has 0 amide bonds. The molecule has 2 aromatic carbocycles. The van der Waals surface area contributed by atoms with Crippen LogP contribution in [-0.2, 0) is 6.42 Å². The van der Waals surface area contributed by atoms with Crippen LogP contribution < -0.4 is 10.5 Å². The van der Waals surface area contributed by atoms with Crippen LogP contribution in [0.2, 0.25) is 0 Å². The van der Waals surface area contributed by atoms with Crippen LogP contribution in [0.5, 0.6) is 5.75 Å². The third-order valence-electron chi connectivity index (χ3n) is 4.92. The summed E-state index contributed by atoms with van der Waals surface area (Å²) in [6, 6.07) is 14.2. The molecule has 2 N–H and O–H groups in total. The lowest BCUT2D eigenvalue weighted by atomic mass is 9.85. The zero-order valence-corrected chi connectivity index (χ0v) is 18.0. The van der Waals surface area contributed by atoms with Gasteiger partial charge in [-0.05, 0) is 62.4 Å². The lowest BCUT2D eigenvalue weighted by Gasteiger charge is -2.23. The molecular weight excluding hydrogens is 404 g/mol. The Kier molecular flexibility index (Phi) is 6.53. The number of fused-ring (bicyclic) bond motifs is 1. The number of benzene rings is 2. The third kappa shape index (κ3) is 4.27. The highest BCUT2D eigenvalue weighted by atomic mass is 35.5. The van der Waals surface area contributed by atoms with Crippen molar-refractivity contribution in [1.82, 2.24) is 10.2 Å². The topological polar surface area (TPSA) is 84.8 Å². The van der Waals surface area contributed by atoms with Gasteiger partial charge in [-0.25, -0.2) is 0 Å². The quantitative estimate of drug-likeness (QED) is 0.612. The molecule has 0 saturated heterocycles. The molecule has 3 aromatic rings. The highest BCUT2D eigenvalue weighted by molar-refractivity contribution is 7.17. The molecule has 7 heteroatoms. The molecule has 1 aliphatic rings. The minimum absolute atomic E-state index is 0. The zero-order chi connectivity index (χ0) is 19.7. The van der Waals surface area contributed by atoms with E-state index >= 15 is 0 Å². The van der Waals surface area contributed by atoms with Gasteiger partial charge in [-0.2, -0.15) is 5.26 Å². The highest BCUT2D eigenvalue weighted by Gasteiger charge is 2.21. The normalized spacial score (nSPS) is 15.3. The summed E-state index contributed by atoms with van der Waals surface area (Å²) >= 11 is 1.54. The molecule has 0 bridgehead atoms. The summed E-state index contributed by atoms with van der Waals surface area (Å²) in [7, 11) is 0. The Morgan fingerprint density at radius 2 is 2.00 bits per heavy atom. The van der Waals surface area contributed by atoms with E-state index in [9.17, 15) is 5.26 Å². The predicted molar refractivity (Wildman–Crippen MR) is 118 cm³/mol. The van der Waals surface area contributed by atoms with Crippen LogP contribution in [0.4, 0.5) is 0 Å². The summed E-state index contributed by atoms with van der Waals surface area (Å²) in [6.45, 7) is 3.89. The first-order valence-corrected chi connectivity index (χ1v) is 10.3. The number of hydrogen-bond acceptors (Lipinski definition) is 6. The number of halogens is 1. The van der Waals surface area contributed by atoms with Crippen molar-refractivity contribution in [3.05, 3.63) is 53.1 Å². The molecule has 0 saturated carbocycles. The van der Waals surface area contributed by atoms with Gasteiger partial charge < -0.3 is 10.5 Å². The summed E-state index contributed by atoms with van der Waals surface area (Å²) in [5, 5.41) is 20.0. The van der Waals surface area contributed by atoms with Gasteiger partial charge in [-0.1, -0.05) is 29.5 Å².